The number of rotatable bonds is 8. The maximum atomic E-state index is 12.7. The number of aliphatic hydroxyl groups is 1. The second-order valence-electron chi connectivity index (χ2n) is 10.8. The molecular weight excluding hydrogens is 448 g/mol. The highest BCUT2D eigenvalue weighted by atomic mass is 16.8. The summed E-state index contributed by atoms with van der Waals surface area (Å²) >= 11 is 0. The second kappa shape index (κ2) is 10.6. The zero-order valence-electron chi connectivity index (χ0n) is 22.2. The largest absolute Gasteiger partial charge is 0.458 e. The third kappa shape index (κ3) is 4.75. The molecule has 2 fully saturated rings. The summed E-state index contributed by atoms with van der Waals surface area (Å²) in [7, 11) is 1.52. The van der Waals surface area contributed by atoms with Crippen LogP contribution in [0, 0.1) is 28.6 Å². The normalized spacial score (nSPS) is 39.7. The van der Waals surface area contributed by atoms with Gasteiger partial charge in [0.05, 0.1) is 17.4 Å². The highest BCUT2D eigenvalue weighted by molar-refractivity contribution is 5.72. The van der Waals surface area contributed by atoms with Crippen molar-refractivity contribution in [1.29, 1.82) is 0 Å². The van der Waals surface area contributed by atoms with Crippen molar-refractivity contribution in [2.24, 2.45) is 28.6 Å². The molecule has 0 aromatic rings. The molecule has 35 heavy (non-hydrogen) atoms. The number of hydrogen-bond donors (Lipinski definition) is 1. The van der Waals surface area contributed by atoms with Crippen molar-refractivity contribution >= 4 is 11.9 Å². The van der Waals surface area contributed by atoms with E-state index in [2.05, 4.69) is 26.5 Å². The summed E-state index contributed by atoms with van der Waals surface area (Å²) < 4.78 is 23.5. The molecule has 0 amide bonds. The lowest BCUT2D eigenvalue weighted by Crippen LogP contribution is -2.63. The molecule has 1 heterocycles. The summed E-state index contributed by atoms with van der Waals surface area (Å²) in [4.78, 5) is 24.9. The molecule has 1 unspecified atom stereocenters. The number of hydrogen-bond acceptors (Lipinski definition) is 7. The van der Waals surface area contributed by atoms with Gasteiger partial charge in [0, 0.05) is 19.6 Å². The Balaban J connectivity index is 2.18. The third-order valence-corrected chi connectivity index (χ3v) is 8.81. The lowest BCUT2D eigenvalue weighted by molar-refractivity contribution is -0.254. The Hall–Kier alpha value is -1.96. The summed E-state index contributed by atoms with van der Waals surface area (Å²) in [5.74, 6) is -1.01. The van der Waals surface area contributed by atoms with Gasteiger partial charge in [0.1, 0.15) is 6.10 Å². The molecule has 9 atom stereocenters. The topological polar surface area (TPSA) is 91.3 Å². The van der Waals surface area contributed by atoms with E-state index < -0.39 is 36.2 Å². The van der Waals surface area contributed by atoms with Crippen molar-refractivity contribution in [3.8, 4) is 0 Å². The Morgan fingerprint density at radius 3 is 2.57 bits per heavy atom. The Morgan fingerprint density at radius 2 is 2.00 bits per heavy atom. The number of carbonyl (C=O) groups is 2. The fourth-order valence-electron chi connectivity index (χ4n) is 6.24. The first-order valence-corrected chi connectivity index (χ1v) is 12.7. The standard InChI is InChI=1S/C28H42O7/c1-9-16(3)11-12-27(7)18(5)13-23(30)28-21(25(32-8)35-26(28)33-19(6)29)14-20(15-22(27)28)34-24(31)17(4)10-2/h9,11,14,17-18,20,22-23,25-26,30H,1,10,12-13,15H2,2-8H3/b16-11+/t17?,18-,20+,22+,23+,25+,26-,27-,28-/m1/s1. The van der Waals surface area contributed by atoms with Crippen LogP contribution < -0.4 is 0 Å². The molecule has 0 bridgehead atoms. The van der Waals surface area contributed by atoms with Gasteiger partial charge in [0.2, 0.25) is 6.29 Å². The van der Waals surface area contributed by atoms with Crippen LogP contribution >= 0.6 is 0 Å². The fourth-order valence-corrected chi connectivity index (χ4v) is 6.24. The van der Waals surface area contributed by atoms with Crippen molar-refractivity contribution in [3.63, 3.8) is 0 Å². The van der Waals surface area contributed by atoms with E-state index in [0.717, 1.165) is 12.0 Å². The smallest absolute Gasteiger partial charge is 0.309 e. The van der Waals surface area contributed by atoms with Gasteiger partial charge in [-0.05, 0) is 55.9 Å². The van der Waals surface area contributed by atoms with Crippen LogP contribution in [0.25, 0.3) is 0 Å². The van der Waals surface area contributed by atoms with Crippen molar-refractivity contribution < 1.29 is 33.6 Å². The maximum Gasteiger partial charge on any atom is 0.309 e. The van der Waals surface area contributed by atoms with Gasteiger partial charge in [-0.25, -0.2) is 0 Å². The second-order valence-corrected chi connectivity index (χ2v) is 10.8. The first kappa shape index (κ1) is 27.6. The minimum atomic E-state index is -1.00. The molecule has 1 aliphatic heterocycles. The summed E-state index contributed by atoms with van der Waals surface area (Å²) in [6.07, 6.45) is 5.14. The summed E-state index contributed by atoms with van der Waals surface area (Å²) in [5, 5.41) is 11.7. The van der Waals surface area contributed by atoms with E-state index in [0.29, 0.717) is 24.8 Å². The van der Waals surface area contributed by atoms with Crippen molar-refractivity contribution in [2.45, 2.75) is 92.0 Å². The van der Waals surface area contributed by atoms with Crippen molar-refractivity contribution in [1.82, 2.24) is 0 Å². The highest BCUT2D eigenvalue weighted by Crippen LogP contribution is 2.67. The first-order valence-electron chi connectivity index (χ1n) is 12.7. The summed E-state index contributed by atoms with van der Waals surface area (Å²) in [5.41, 5.74) is 0.454. The lowest BCUT2D eigenvalue weighted by Gasteiger charge is -2.60. The Bertz CT molecular complexity index is 892. The van der Waals surface area contributed by atoms with E-state index in [1.807, 2.05) is 32.9 Å². The van der Waals surface area contributed by atoms with Gasteiger partial charge in [0.15, 0.2) is 6.29 Å². The first-order chi connectivity index (χ1) is 16.4. The molecule has 1 saturated heterocycles. The molecule has 1 spiro atoms. The van der Waals surface area contributed by atoms with Crippen LogP contribution in [-0.4, -0.2) is 48.9 Å². The van der Waals surface area contributed by atoms with E-state index >= 15 is 0 Å². The van der Waals surface area contributed by atoms with Gasteiger partial charge in [-0.1, -0.05) is 52.0 Å². The number of aliphatic hydroxyl groups excluding tert-OH is 1. The molecular formula is C28H42O7. The van der Waals surface area contributed by atoms with Crippen LogP contribution in [0.1, 0.15) is 67.2 Å². The van der Waals surface area contributed by atoms with Crippen molar-refractivity contribution in [2.75, 3.05) is 7.11 Å². The minimum Gasteiger partial charge on any atom is -0.458 e. The summed E-state index contributed by atoms with van der Waals surface area (Å²) in [6.45, 7) is 15.4. The zero-order valence-corrected chi connectivity index (χ0v) is 22.2. The fraction of sp³-hybridized carbons (Fsp3) is 0.714. The number of carbonyl (C=O) groups excluding carboxylic acids is 2. The van der Waals surface area contributed by atoms with Gasteiger partial charge in [-0.15, -0.1) is 0 Å². The van der Waals surface area contributed by atoms with E-state index in [1.54, 1.807) is 0 Å². The molecule has 0 radical (unpaired) electrons. The maximum absolute atomic E-state index is 12.7. The van der Waals surface area contributed by atoms with Gasteiger partial charge in [-0.3, -0.25) is 9.59 Å². The number of methoxy groups -OCH3 is 1. The van der Waals surface area contributed by atoms with Crippen LogP contribution in [0.4, 0.5) is 0 Å². The Labute approximate surface area is 209 Å². The molecule has 7 heteroatoms. The van der Waals surface area contributed by atoms with Crippen LogP contribution in [0.5, 0.6) is 0 Å². The van der Waals surface area contributed by atoms with E-state index in [-0.39, 0.29) is 29.1 Å². The van der Waals surface area contributed by atoms with Crippen LogP contribution in [0.15, 0.2) is 36.0 Å². The van der Waals surface area contributed by atoms with Crippen LogP contribution in [0.3, 0.4) is 0 Å². The van der Waals surface area contributed by atoms with E-state index in [1.165, 1.54) is 14.0 Å². The van der Waals surface area contributed by atoms with Crippen LogP contribution in [0.2, 0.25) is 0 Å². The molecule has 1 saturated carbocycles. The van der Waals surface area contributed by atoms with E-state index in [4.69, 9.17) is 18.9 Å². The molecule has 3 rings (SSSR count). The van der Waals surface area contributed by atoms with Crippen LogP contribution in [-0.2, 0) is 28.5 Å². The average molecular weight is 491 g/mol. The molecule has 2 aliphatic carbocycles. The third-order valence-electron chi connectivity index (χ3n) is 8.81. The van der Waals surface area contributed by atoms with Gasteiger partial charge >= 0.3 is 11.9 Å². The van der Waals surface area contributed by atoms with Gasteiger partial charge in [-0.2, -0.15) is 0 Å². The molecule has 7 nitrogen and oxygen atoms in total. The number of ether oxygens (including phenoxy) is 4. The van der Waals surface area contributed by atoms with Crippen molar-refractivity contribution in [3.05, 3.63) is 36.0 Å². The predicted molar refractivity (Wildman–Crippen MR) is 132 cm³/mol. The minimum absolute atomic E-state index is 0.145. The molecule has 0 aromatic heterocycles. The SMILES string of the molecule is C=C/C(C)=C/C[C@]1(C)[C@H](C)C[C@H](O)[C@@]23C(=C[C@H](OC(=O)C(C)CC)C[C@@H]12)[C@@H](OC)O[C@H]3OC(C)=O. The molecule has 0 aromatic carbocycles. The molecule has 3 aliphatic rings. The van der Waals surface area contributed by atoms with Gasteiger partial charge in [0.25, 0.3) is 0 Å². The number of allylic oxidation sites excluding steroid dienone is 3. The average Bonchev–Trinajstić information content (AvgIpc) is 3.13. The Kier molecular flexibility index (Phi) is 8.34. The number of esters is 2. The molecule has 196 valence electrons. The summed E-state index contributed by atoms with van der Waals surface area (Å²) in [6, 6.07) is 0. The highest BCUT2D eigenvalue weighted by Gasteiger charge is 2.70. The zero-order chi connectivity index (χ0) is 26.1. The monoisotopic (exact) mass is 490 g/mol. The Morgan fingerprint density at radius 1 is 1.31 bits per heavy atom. The quantitative estimate of drug-likeness (QED) is 0.300. The predicted octanol–water partition coefficient (Wildman–Crippen LogP) is 4.70. The van der Waals surface area contributed by atoms with E-state index in [9.17, 15) is 14.7 Å². The van der Waals surface area contributed by atoms with Gasteiger partial charge < -0.3 is 24.1 Å². The lowest BCUT2D eigenvalue weighted by atomic mass is 9.45. The molecule has 1 N–H and O–H groups in total.